The minimum absolute atomic E-state index is 0.120. The first kappa shape index (κ1) is 21.4. The molecule has 0 atom stereocenters. The van der Waals surface area contributed by atoms with Gasteiger partial charge in [0, 0.05) is 12.1 Å². The van der Waals surface area contributed by atoms with Gasteiger partial charge in [0.1, 0.15) is 12.0 Å². The van der Waals surface area contributed by atoms with Gasteiger partial charge in [-0.2, -0.15) is 4.68 Å². The molecule has 0 amide bonds. The molecule has 0 aliphatic heterocycles. The molecule has 8 nitrogen and oxygen atoms in total. The summed E-state index contributed by atoms with van der Waals surface area (Å²) in [7, 11) is 0. The third-order valence-electron chi connectivity index (χ3n) is 5.53. The summed E-state index contributed by atoms with van der Waals surface area (Å²) < 4.78 is 4.99. The molecule has 0 unspecified atom stereocenters. The second-order valence-corrected chi connectivity index (χ2v) is 7.69. The molecule has 8 heteroatoms. The Morgan fingerprint density at radius 3 is 2.41 bits per heavy atom. The van der Waals surface area contributed by atoms with Crippen molar-refractivity contribution in [2.75, 3.05) is 0 Å². The zero-order valence-corrected chi connectivity index (χ0v) is 18.3. The molecule has 0 N–H and O–H groups in total. The van der Waals surface area contributed by atoms with Crippen LogP contribution in [0.1, 0.15) is 48.4 Å². The van der Waals surface area contributed by atoms with E-state index in [1.807, 2.05) is 55.5 Å². The summed E-state index contributed by atoms with van der Waals surface area (Å²) in [6.07, 6.45) is 4.74. The van der Waals surface area contributed by atoms with E-state index in [1.54, 1.807) is 20.1 Å². The van der Waals surface area contributed by atoms with Gasteiger partial charge < -0.3 is 0 Å². The molecule has 164 valence electrons. The molecule has 4 aromatic rings. The van der Waals surface area contributed by atoms with E-state index >= 15 is 0 Å². The Morgan fingerprint density at radius 1 is 0.969 bits per heavy atom. The van der Waals surface area contributed by atoms with Crippen LogP contribution in [0.4, 0.5) is 0 Å². The molecule has 0 aliphatic rings. The number of aldehydes is 1. The molecule has 2 aromatic carbocycles. The zero-order chi connectivity index (χ0) is 22.5. The predicted molar refractivity (Wildman–Crippen MR) is 122 cm³/mol. The van der Waals surface area contributed by atoms with Crippen molar-refractivity contribution in [1.29, 1.82) is 0 Å². The molecule has 32 heavy (non-hydrogen) atoms. The first-order valence-corrected chi connectivity index (χ1v) is 10.9. The number of nitrogens with zero attached hydrogens (tertiary/aromatic N) is 6. The number of aromatic nitrogens is 6. The van der Waals surface area contributed by atoms with Gasteiger partial charge in [-0.05, 0) is 40.5 Å². The molecule has 2 aromatic heterocycles. The molecule has 0 aliphatic carbocycles. The molecule has 0 radical (unpaired) electrons. The normalized spacial score (nSPS) is 11.1. The standard InChI is InChI=1S/C24H26N6O2/c1-3-7-22-23(16-31)28(14-4-2)24(32)29(22)15-18-10-12-19(13-11-18)20-8-5-6-9-21(20)30-17-25-26-27-30/h5-6,8-13,16-17H,3-4,7,14-15H2,1-2H3. The first-order chi connectivity index (χ1) is 15.7. The Morgan fingerprint density at radius 2 is 1.75 bits per heavy atom. The molecule has 0 spiro atoms. The highest BCUT2D eigenvalue weighted by Gasteiger charge is 2.18. The number of tetrazole rings is 1. The van der Waals surface area contributed by atoms with Gasteiger partial charge in [0.2, 0.25) is 0 Å². The number of carbonyl (C=O) groups is 1. The van der Waals surface area contributed by atoms with Crippen molar-refractivity contribution in [3.8, 4) is 16.8 Å². The lowest BCUT2D eigenvalue weighted by atomic mass is 10.0. The Kier molecular flexibility index (Phi) is 6.39. The van der Waals surface area contributed by atoms with Gasteiger partial charge in [0.25, 0.3) is 0 Å². The number of imidazole rings is 1. The maximum Gasteiger partial charge on any atom is 0.329 e. The van der Waals surface area contributed by atoms with Crippen LogP contribution >= 0.6 is 0 Å². The number of hydrogen-bond acceptors (Lipinski definition) is 5. The topological polar surface area (TPSA) is 87.6 Å². The predicted octanol–water partition coefficient (Wildman–Crippen LogP) is 3.52. The minimum Gasteiger partial charge on any atom is -0.296 e. The molecule has 0 saturated carbocycles. The van der Waals surface area contributed by atoms with E-state index in [4.69, 9.17) is 0 Å². The average molecular weight is 431 g/mol. The molecular weight excluding hydrogens is 404 g/mol. The summed E-state index contributed by atoms with van der Waals surface area (Å²) >= 11 is 0. The fourth-order valence-electron chi connectivity index (χ4n) is 4.05. The molecule has 0 saturated heterocycles. The lowest BCUT2D eigenvalue weighted by Crippen LogP contribution is -2.26. The first-order valence-electron chi connectivity index (χ1n) is 10.9. The van der Waals surface area contributed by atoms with Crippen molar-refractivity contribution in [1.82, 2.24) is 29.3 Å². The molecule has 2 heterocycles. The minimum atomic E-state index is -0.120. The van der Waals surface area contributed by atoms with Crippen LogP contribution in [0.5, 0.6) is 0 Å². The number of para-hydroxylation sites is 1. The lowest BCUT2D eigenvalue weighted by Gasteiger charge is -2.11. The Balaban J connectivity index is 1.68. The van der Waals surface area contributed by atoms with Crippen molar-refractivity contribution in [3.05, 3.63) is 82.3 Å². The summed E-state index contributed by atoms with van der Waals surface area (Å²) in [5, 5.41) is 11.5. The second kappa shape index (κ2) is 9.55. The number of rotatable bonds is 9. The van der Waals surface area contributed by atoms with Crippen LogP contribution in [0.2, 0.25) is 0 Å². The van der Waals surface area contributed by atoms with E-state index in [1.165, 1.54) is 0 Å². The summed E-state index contributed by atoms with van der Waals surface area (Å²) in [5.74, 6) is 0. The third kappa shape index (κ3) is 4.03. The second-order valence-electron chi connectivity index (χ2n) is 7.69. The number of carbonyl (C=O) groups excluding carboxylic acids is 1. The summed E-state index contributed by atoms with van der Waals surface area (Å²) in [5.41, 5.74) is 5.12. The van der Waals surface area contributed by atoms with E-state index in [0.717, 1.165) is 47.2 Å². The van der Waals surface area contributed by atoms with Crippen molar-refractivity contribution in [2.45, 2.75) is 46.2 Å². The highest BCUT2D eigenvalue weighted by atomic mass is 16.2. The highest BCUT2D eigenvalue weighted by molar-refractivity contribution is 5.74. The lowest BCUT2D eigenvalue weighted by molar-refractivity contribution is 0.111. The largest absolute Gasteiger partial charge is 0.329 e. The SMILES string of the molecule is CCCc1c(C=O)n(CCC)c(=O)n1Cc1ccc(-c2ccccc2-n2cnnn2)cc1. The monoisotopic (exact) mass is 430 g/mol. The van der Waals surface area contributed by atoms with Crippen LogP contribution in [0.25, 0.3) is 16.8 Å². The number of benzene rings is 2. The molecular formula is C24H26N6O2. The smallest absolute Gasteiger partial charge is 0.296 e. The van der Waals surface area contributed by atoms with Gasteiger partial charge >= 0.3 is 5.69 Å². The Labute approximate surface area is 186 Å². The van der Waals surface area contributed by atoms with Gasteiger partial charge in [-0.25, -0.2) is 4.79 Å². The van der Waals surface area contributed by atoms with Gasteiger partial charge in [-0.1, -0.05) is 62.7 Å². The third-order valence-corrected chi connectivity index (χ3v) is 5.53. The van der Waals surface area contributed by atoms with Gasteiger partial charge in [-0.3, -0.25) is 13.9 Å². The van der Waals surface area contributed by atoms with Crippen LogP contribution in [0.15, 0.2) is 59.7 Å². The average Bonchev–Trinajstić information content (AvgIpc) is 3.44. The van der Waals surface area contributed by atoms with Crippen LogP contribution in [-0.2, 0) is 19.5 Å². The van der Waals surface area contributed by atoms with Crippen molar-refractivity contribution in [3.63, 3.8) is 0 Å². The summed E-state index contributed by atoms with van der Waals surface area (Å²) in [6.45, 7) is 5.03. The van der Waals surface area contributed by atoms with Crippen LogP contribution in [0, 0.1) is 0 Å². The quantitative estimate of drug-likeness (QED) is 0.379. The fraction of sp³-hybridized carbons (Fsp3) is 0.292. The van der Waals surface area contributed by atoms with Crippen molar-refractivity contribution in [2.24, 2.45) is 0 Å². The Hall–Kier alpha value is -3.81. The molecule has 0 bridgehead atoms. The van der Waals surface area contributed by atoms with E-state index < -0.39 is 0 Å². The summed E-state index contributed by atoms with van der Waals surface area (Å²) in [6, 6.07) is 16.0. The van der Waals surface area contributed by atoms with E-state index in [0.29, 0.717) is 25.2 Å². The fourth-order valence-corrected chi connectivity index (χ4v) is 4.05. The number of hydrogen-bond donors (Lipinski definition) is 0. The van der Waals surface area contributed by atoms with Gasteiger partial charge in [0.15, 0.2) is 6.29 Å². The maximum absolute atomic E-state index is 13.0. The highest BCUT2D eigenvalue weighted by Crippen LogP contribution is 2.26. The van der Waals surface area contributed by atoms with Gasteiger partial charge in [-0.15, -0.1) is 5.10 Å². The van der Waals surface area contributed by atoms with Crippen molar-refractivity contribution >= 4 is 6.29 Å². The van der Waals surface area contributed by atoms with Crippen LogP contribution in [0.3, 0.4) is 0 Å². The van der Waals surface area contributed by atoms with Crippen LogP contribution < -0.4 is 5.69 Å². The van der Waals surface area contributed by atoms with E-state index in [9.17, 15) is 9.59 Å². The van der Waals surface area contributed by atoms with E-state index in [-0.39, 0.29) is 5.69 Å². The summed E-state index contributed by atoms with van der Waals surface area (Å²) in [4.78, 5) is 24.8. The molecule has 4 rings (SSSR count). The Bertz CT molecular complexity index is 1250. The van der Waals surface area contributed by atoms with E-state index in [2.05, 4.69) is 22.4 Å². The van der Waals surface area contributed by atoms with Crippen LogP contribution in [-0.4, -0.2) is 35.6 Å². The maximum atomic E-state index is 13.0. The molecule has 0 fully saturated rings. The zero-order valence-electron chi connectivity index (χ0n) is 18.3. The van der Waals surface area contributed by atoms with Gasteiger partial charge in [0.05, 0.1) is 17.9 Å². The van der Waals surface area contributed by atoms with Crippen molar-refractivity contribution < 1.29 is 4.79 Å².